The first-order chi connectivity index (χ1) is 9.83. The van der Waals surface area contributed by atoms with Crippen LogP contribution in [0.4, 0.5) is 0 Å². The number of nitrogens with two attached hydrogens (primary N) is 1. The van der Waals surface area contributed by atoms with Gasteiger partial charge in [-0.15, -0.1) is 5.10 Å². The van der Waals surface area contributed by atoms with Gasteiger partial charge >= 0.3 is 0 Å². The molecule has 5 nitrogen and oxygen atoms in total. The summed E-state index contributed by atoms with van der Waals surface area (Å²) in [6.07, 6.45) is 0.427. The van der Waals surface area contributed by atoms with Crippen LogP contribution < -0.4 is 11.2 Å². The number of ether oxygens (including phenoxy) is 1. The molecule has 0 saturated carbocycles. The van der Waals surface area contributed by atoms with Gasteiger partial charge in [0.25, 0.3) is 0 Å². The molecule has 1 aliphatic rings. The first-order valence-corrected chi connectivity index (χ1v) is 7.28. The standard InChI is InChI=1S/C16H25N3O2/c1-11(2)13(17)14(20)16(19-18-10-21-16)15(3,4)12-8-6-5-7-9-12/h5-11,13-14,19-20H,17H2,1-4H3. The maximum Gasteiger partial charge on any atom is 0.232 e. The summed E-state index contributed by atoms with van der Waals surface area (Å²) < 4.78 is 5.76. The van der Waals surface area contributed by atoms with Crippen molar-refractivity contribution in [3.05, 3.63) is 35.9 Å². The molecule has 0 radical (unpaired) electrons. The van der Waals surface area contributed by atoms with Crippen LogP contribution in [0.2, 0.25) is 0 Å². The summed E-state index contributed by atoms with van der Waals surface area (Å²) in [5.74, 6) is 0.120. The fourth-order valence-electron chi connectivity index (χ4n) is 2.76. The molecule has 0 amide bonds. The second-order valence-electron chi connectivity index (χ2n) is 6.46. The number of hydrogen-bond donors (Lipinski definition) is 3. The van der Waals surface area contributed by atoms with Crippen LogP contribution in [-0.4, -0.2) is 29.4 Å². The van der Waals surface area contributed by atoms with Gasteiger partial charge in [0, 0.05) is 6.04 Å². The third kappa shape index (κ3) is 2.51. The Hall–Kier alpha value is -1.59. The second kappa shape index (κ2) is 5.66. The number of nitrogens with zero attached hydrogens (tertiary/aromatic N) is 1. The van der Waals surface area contributed by atoms with Crippen LogP contribution in [0.1, 0.15) is 33.3 Å². The van der Waals surface area contributed by atoms with Crippen molar-refractivity contribution in [3.8, 4) is 0 Å². The van der Waals surface area contributed by atoms with Crippen LogP contribution in [-0.2, 0) is 10.2 Å². The van der Waals surface area contributed by atoms with E-state index in [0.29, 0.717) is 0 Å². The number of aliphatic hydroxyl groups excluding tert-OH is 1. The van der Waals surface area contributed by atoms with Crippen LogP contribution in [0.25, 0.3) is 0 Å². The van der Waals surface area contributed by atoms with Crippen LogP contribution in [0.5, 0.6) is 0 Å². The average Bonchev–Trinajstić information content (AvgIpc) is 2.97. The Morgan fingerprint density at radius 1 is 1.29 bits per heavy atom. The zero-order valence-electron chi connectivity index (χ0n) is 13.1. The summed E-state index contributed by atoms with van der Waals surface area (Å²) in [7, 11) is 0. The molecular weight excluding hydrogens is 266 g/mol. The fourth-order valence-corrected chi connectivity index (χ4v) is 2.76. The molecule has 116 valence electrons. The van der Waals surface area contributed by atoms with Gasteiger partial charge in [-0.25, -0.2) is 0 Å². The van der Waals surface area contributed by atoms with Crippen molar-refractivity contribution in [2.45, 2.75) is 51.0 Å². The molecule has 3 unspecified atom stereocenters. The monoisotopic (exact) mass is 291 g/mol. The van der Waals surface area contributed by atoms with Gasteiger partial charge < -0.3 is 15.6 Å². The normalized spacial score (nSPS) is 24.5. The summed E-state index contributed by atoms with van der Waals surface area (Å²) in [5, 5.41) is 14.8. The van der Waals surface area contributed by atoms with Gasteiger partial charge in [-0.3, -0.25) is 5.43 Å². The lowest BCUT2D eigenvalue weighted by Gasteiger charge is -2.47. The molecule has 0 fully saturated rings. The fraction of sp³-hybridized carbons (Fsp3) is 0.562. The van der Waals surface area contributed by atoms with E-state index in [2.05, 4.69) is 10.5 Å². The van der Waals surface area contributed by atoms with Crippen LogP contribution in [0.3, 0.4) is 0 Å². The van der Waals surface area contributed by atoms with E-state index < -0.39 is 23.3 Å². The molecule has 1 aromatic carbocycles. The van der Waals surface area contributed by atoms with Crippen molar-refractivity contribution in [1.29, 1.82) is 0 Å². The Morgan fingerprint density at radius 2 is 1.90 bits per heavy atom. The minimum Gasteiger partial charge on any atom is -0.451 e. The van der Waals surface area contributed by atoms with Crippen molar-refractivity contribution < 1.29 is 9.84 Å². The molecule has 4 N–H and O–H groups in total. The molecule has 3 atom stereocenters. The highest BCUT2D eigenvalue weighted by atomic mass is 16.5. The average molecular weight is 291 g/mol. The predicted octanol–water partition coefficient (Wildman–Crippen LogP) is 1.57. The molecule has 5 heteroatoms. The lowest BCUT2D eigenvalue weighted by molar-refractivity contribution is -0.126. The van der Waals surface area contributed by atoms with Gasteiger partial charge in [-0.1, -0.05) is 44.2 Å². The largest absolute Gasteiger partial charge is 0.451 e. The number of hydrazone groups is 1. The van der Waals surface area contributed by atoms with E-state index in [1.807, 2.05) is 58.0 Å². The third-order valence-corrected chi connectivity index (χ3v) is 4.50. The van der Waals surface area contributed by atoms with Crippen molar-refractivity contribution in [3.63, 3.8) is 0 Å². The second-order valence-corrected chi connectivity index (χ2v) is 6.46. The van der Waals surface area contributed by atoms with Crippen LogP contribution >= 0.6 is 0 Å². The lowest BCUT2D eigenvalue weighted by atomic mass is 9.70. The molecular formula is C16H25N3O2. The van der Waals surface area contributed by atoms with Crippen LogP contribution in [0, 0.1) is 5.92 Å². The predicted molar refractivity (Wildman–Crippen MR) is 83.7 cm³/mol. The molecule has 1 heterocycles. The van der Waals surface area contributed by atoms with E-state index >= 15 is 0 Å². The van der Waals surface area contributed by atoms with E-state index in [9.17, 15) is 5.11 Å². The van der Waals surface area contributed by atoms with E-state index in [-0.39, 0.29) is 5.92 Å². The molecule has 0 bridgehead atoms. The van der Waals surface area contributed by atoms with Gasteiger partial charge in [0.15, 0.2) is 6.40 Å². The Morgan fingerprint density at radius 3 is 2.38 bits per heavy atom. The zero-order chi connectivity index (χ0) is 15.7. The lowest BCUT2D eigenvalue weighted by Crippen LogP contribution is -2.68. The first-order valence-electron chi connectivity index (χ1n) is 7.28. The zero-order valence-corrected chi connectivity index (χ0v) is 13.1. The van der Waals surface area contributed by atoms with Crippen molar-refractivity contribution in [2.24, 2.45) is 16.8 Å². The van der Waals surface area contributed by atoms with E-state index in [0.717, 1.165) is 5.56 Å². The molecule has 1 aliphatic heterocycles. The molecule has 21 heavy (non-hydrogen) atoms. The Kier molecular flexibility index (Phi) is 4.25. The molecule has 2 rings (SSSR count). The smallest absolute Gasteiger partial charge is 0.232 e. The maximum absolute atomic E-state index is 10.8. The Bertz CT molecular complexity index is 492. The summed E-state index contributed by atoms with van der Waals surface area (Å²) in [5.41, 5.74) is 8.56. The topological polar surface area (TPSA) is 79.9 Å². The minimum absolute atomic E-state index is 0.120. The van der Waals surface area contributed by atoms with Crippen LogP contribution in [0.15, 0.2) is 35.4 Å². The number of benzene rings is 1. The number of aliphatic hydroxyl groups is 1. The molecule has 0 aliphatic carbocycles. The van der Waals surface area contributed by atoms with Crippen molar-refractivity contribution in [1.82, 2.24) is 5.43 Å². The van der Waals surface area contributed by atoms with E-state index in [1.165, 1.54) is 6.40 Å². The van der Waals surface area contributed by atoms with E-state index in [4.69, 9.17) is 10.5 Å². The summed E-state index contributed by atoms with van der Waals surface area (Å²) in [4.78, 5) is 0. The third-order valence-electron chi connectivity index (χ3n) is 4.50. The molecule has 1 aromatic rings. The number of hydrogen-bond acceptors (Lipinski definition) is 5. The summed E-state index contributed by atoms with van der Waals surface area (Å²) >= 11 is 0. The highest BCUT2D eigenvalue weighted by Crippen LogP contribution is 2.40. The Balaban J connectivity index is 2.43. The highest BCUT2D eigenvalue weighted by Gasteiger charge is 2.57. The highest BCUT2D eigenvalue weighted by molar-refractivity contribution is 5.51. The molecule has 0 saturated heterocycles. The summed E-state index contributed by atoms with van der Waals surface area (Å²) in [6, 6.07) is 9.49. The number of nitrogens with one attached hydrogen (secondary N) is 1. The van der Waals surface area contributed by atoms with Crippen molar-refractivity contribution in [2.75, 3.05) is 0 Å². The van der Waals surface area contributed by atoms with E-state index in [1.54, 1.807) is 0 Å². The maximum atomic E-state index is 10.8. The van der Waals surface area contributed by atoms with Gasteiger partial charge in [0.1, 0.15) is 6.10 Å². The number of rotatable bonds is 5. The SMILES string of the molecule is CC(C)C(N)C(O)C1(C(C)(C)c2ccccc2)NN=CO1. The van der Waals surface area contributed by atoms with Gasteiger partial charge in [0.05, 0.1) is 5.41 Å². The Labute approximate surface area is 126 Å². The first kappa shape index (κ1) is 15.8. The molecule has 0 spiro atoms. The van der Waals surface area contributed by atoms with Crippen molar-refractivity contribution >= 4 is 6.40 Å². The quantitative estimate of drug-likeness (QED) is 0.769. The van der Waals surface area contributed by atoms with Gasteiger partial charge in [-0.2, -0.15) is 0 Å². The minimum atomic E-state index is -1.09. The molecule has 0 aromatic heterocycles. The summed E-state index contributed by atoms with van der Waals surface area (Å²) in [6.45, 7) is 7.99. The van der Waals surface area contributed by atoms with Gasteiger partial charge in [-0.05, 0) is 25.3 Å². The van der Waals surface area contributed by atoms with Gasteiger partial charge in [0.2, 0.25) is 5.72 Å².